The number of aryl methyl sites for hydroxylation is 2. The van der Waals surface area contributed by atoms with Gasteiger partial charge in [0.05, 0.1) is 6.10 Å². The van der Waals surface area contributed by atoms with Crippen LogP contribution in [0.1, 0.15) is 18.1 Å². The number of anilines is 1. The lowest BCUT2D eigenvalue weighted by atomic mass is 10.1. The van der Waals surface area contributed by atoms with Crippen LogP contribution in [0.4, 0.5) is 5.69 Å². The van der Waals surface area contributed by atoms with E-state index in [2.05, 4.69) is 0 Å². The molecule has 1 aromatic rings. The number of benzene rings is 1. The zero-order valence-electron chi connectivity index (χ0n) is 11.5. The Morgan fingerprint density at radius 3 is 2.16 bits per heavy atom. The number of rotatable bonds is 6. The number of aliphatic hydroxyl groups is 1. The molecule has 0 spiro atoms. The first-order valence-electron chi connectivity index (χ1n) is 6.17. The molecule has 1 rings (SSSR count). The molecule has 0 fully saturated rings. The molecule has 0 aliphatic heterocycles. The van der Waals surface area contributed by atoms with Crippen molar-refractivity contribution in [1.82, 2.24) is 0 Å². The first-order chi connectivity index (χ1) is 8.71. The summed E-state index contributed by atoms with van der Waals surface area (Å²) >= 11 is 0. The molecular formula is C13H21NO4S. The molecule has 19 heavy (non-hydrogen) atoms. The van der Waals surface area contributed by atoms with Crippen LogP contribution in [0.25, 0.3) is 0 Å². The van der Waals surface area contributed by atoms with Crippen LogP contribution >= 0.6 is 0 Å². The molecule has 0 saturated heterocycles. The van der Waals surface area contributed by atoms with Gasteiger partial charge in [-0.25, -0.2) is 0 Å². The molecule has 0 heterocycles. The van der Waals surface area contributed by atoms with Crippen molar-refractivity contribution in [2.75, 3.05) is 23.7 Å². The minimum Gasteiger partial charge on any atom is -0.390 e. The lowest BCUT2D eigenvalue weighted by molar-refractivity contribution is 0.200. The van der Waals surface area contributed by atoms with Crippen molar-refractivity contribution in [1.29, 1.82) is 0 Å². The number of hydrogen-bond donors (Lipinski definition) is 2. The van der Waals surface area contributed by atoms with Gasteiger partial charge in [-0.1, -0.05) is 6.07 Å². The molecule has 1 aromatic carbocycles. The van der Waals surface area contributed by atoms with Crippen molar-refractivity contribution in [2.24, 2.45) is 0 Å². The van der Waals surface area contributed by atoms with Crippen molar-refractivity contribution in [2.45, 2.75) is 26.9 Å². The molecule has 0 saturated carbocycles. The van der Waals surface area contributed by atoms with E-state index in [1.165, 1.54) is 0 Å². The molecule has 0 aromatic heterocycles. The third kappa shape index (κ3) is 5.59. The molecule has 0 amide bonds. The molecule has 0 unspecified atom stereocenters. The summed E-state index contributed by atoms with van der Waals surface area (Å²) in [7, 11) is -4.15. The van der Waals surface area contributed by atoms with Gasteiger partial charge in [-0.2, -0.15) is 8.42 Å². The monoisotopic (exact) mass is 287 g/mol. The summed E-state index contributed by atoms with van der Waals surface area (Å²) in [6.07, 6.45) is -1.12. The Balaban J connectivity index is 2.83. The molecule has 2 N–H and O–H groups in total. The highest BCUT2D eigenvalue weighted by atomic mass is 32.2. The van der Waals surface area contributed by atoms with Crippen LogP contribution in [-0.2, 0) is 10.1 Å². The number of likely N-dealkylation sites (N-methyl/N-ethyl adjacent to an activating group) is 1. The maximum atomic E-state index is 10.7. The molecule has 108 valence electrons. The second-order valence-corrected chi connectivity index (χ2v) is 6.28. The van der Waals surface area contributed by atoms with Crippen molar-refractivity contribution >= 4 is 15.8 Å². The van der Waals surface area contributed by atoms with E-state index in [4.69, 9.17) is 4.55 Å². The van der Waals surface area contributed by atoms with Crippen molar-refractivity contribution in [3.05, 3.63) is 29.3 Å². The summed E-state index contributed by atoms with van der Waals surface area (Å²) in [6.45, 7) is 6.71. The van der Waals surface area contributed by atoms with E-state index in [1.54, 1.807) is 0 Å². The van der Waals surface area contributed by atoms with Crippen LogP contribution in [0.5, 0.6) is 0 Å². The highest BCUT2D eigenvalue weighted by Gasteiger charge is 2.17. The maximum absolute atomic E-state index is 10.7. The molecule has 0 aliphatic carbocycles. The van der Waals surface area contributed by atoms with Gasteiger partial charge in [0.15, 0.2) is 0 Å². The van der Waals surface area contributed by atoms with E-state index in [1.807, 2.05) is 43.9 Å². The van der Waals surface area contributed by atoms with Gasteiger partial charge >= 0.3 is 0 Å². The fraction of sp³-hybridized carbons (Fsp3) is 0.538. The molecule has 0 radical (unpaired) electrons. The first kappa shape index (κ1) is 15.9. The Morgan fingerprint density at radius 1 is 1.21 bits per heavy atom. The van der Waals surface area contributed by atoms with E-state index < -0.39 is 22.0 Å². The Hall–Kier alpha value is -1.11. The standard InChI is InChI=1S/C13H21NO4S/c1-4-14(8-13(15)9-19(16,17)18)12-6-10(2)5-11(3)7-12/h5-7,13,15H,4,8-9H2,1-3H3,(H,16,17,18)/t13-/m0/s1. The van der Waals surface area contributed by atoms with E-state index in [-0.39, 0.29) is 6.54 Å². The normalized spacial score (nSPS) is 13.3. The van der Waals surface area contributed by atoms with Gasteiger partial charge in [0.1, 0.15) is 5.75 Å². The van der Waals surface area contributed by atoms with Gasteiger partial charge in [-0.15, -0.1) is 0 Å². The zero-order valence-corrected chi connectivity index (χ0v) is 12.3. The third-order valence-electron chi connectivity index (χ3n) is 2.79. The van der Waals surface area contributed by atoms with Gasteiger partial charge in [0, 0.05) is 18.8 Å². The summed E-state index contributed by atoms with van der Waals surface area (Å²) in [6, 6.07) is 6.01. The average Bonchev–Trinajstić information content (AvgIpc) is 2.21. The number of nitrogens with zero attached hydrogens (tertiary/aromatic N) is 1. The minimum absolute atomic E-state index is 0.166. The second kappa shape index (κ2) is 6.36. The smallest absolute Gasteiger partial charge is 0.267 e. The Kier molecular flexibility index (Phi) is 5.34. The predicted octanol–water partition coefficient (Wildman–Crippen LogP) is 1.38. The Labute approximate surface area is 114 Å². The quantitative estimate of drug-likeness (QED) is 0.773. The summed E-state index contributed by atoms with van der Waals surface area (Å²) < 4.78 is 30.2. The lowest BCUT2D eigenvalue weighted by Gasteiger charge is -2.26. The van der Waals surface area contributed by atoms with Crippen LogP contribution in [0.3, 0.4) is 0 Å². The fourth-order valence-electron chi connectivity index (χ4n) is 2.10. The van der Waals surface area contributed by atoms with Crippen LogP contribution in [0.2, 0.25) is 0 Å². The Bertz CT molecular complexity index is 507. The van der Waals surface area contributed by atoms with Gasteiger partial charge in [-0.05, 0) is 44.0 Å². The first-order valence-corrected chi connectivity index (χ1v) is 7.78. The van der Waals surface area contributed by atoms with Gasteiger partial charge in [-0.3, -0.25) is 4.55 Å². The highest BCUT2D eigenvalue weighted by molar-refractivity contribution is 7.85. The van der Waals surface area contributed by atoms with Crippen molar-refractivity contribution in [3.8, 4) is 0 Å². The molecular weight excluding hydrogens is 266 g/mol. The minimum atomic E-state index is -4.15. The summed E-state index contributed by atoms with van der Waals surface area (Å²) in [4.78, 5) is 1.88. The molecule has 5 nitrogen and oxygen atoms in total. The molecule has 1 atom stereocenters. The van der Waals surface area contributed by atoms with Gasteiger partial charge < -0.3 is 10.0 Å². The van der Waals surface area contributed by atoms with E-state index in [0.717, 1.165) is 16.8 Å². The molecule has 0 aliphatic rings. The van der Waals surface area contributed by atoms with Crippen LogP contribution in [0, 0.1) is 13.8 Å². The molecule has 0 bridgehead atoms. The van der Waals surface area contributed by atoms with Crippen LogP contribution in [0.15, 0.2) is 18.2 Å². The van der Waals surface area contributed by atoms with Gasteiger partial charge in [0.25, 0.3) is 10.1 Å². The summed E-state index contributed by atoms with van der Waals surface area (Å²) in [5, 5.41) is 9.71. The summed E-state index contributed by atoms with van der Waals surface area (Å²) in [5.41, 5.74) is 3.16. The molecule has 6 heteroatoms. The summed E-state index contributed by atoms with van der Waals surface area (Å²) in [5.74, 6) is -0.645. The van der Waals surface area contributed by atoms with Crippen LogP contribution < -0.4 is 4.90 Å². The zero-order chi connectivity index (χ0) is 14.6. The lowest BCUT2D eigenvalue weighted by Crippen LogP contribution is -2.36. The maximum Gasteiger partial charge on any atom is 0.267 e. The van der Waals surface area contributed by atoms with E-state index in [0.29, 0.717) is 6.54 Å². The van der Waals surface area contributed by atoms with E-state index >= 15 is 0 Å². The second-order valence-electron chi connectivity index (χ2n) is 4.79. The average molecular weight is 287 g/mol. The predicted molar refractivity (Wildman–Crippen MR) is 76.2 cm³/mol. The van der Waals surface area contributed by atoms with E-state index in [9.17, 15) is 13.5 Å². The third-order valence-corrected chi connectivity index (χ3v) is 3.59. The fourth-order valence-corrected chi connectivity index (χ4v) is 2.69. The van der Waals surface area contributed by atoms with Crippen LogP contribution in [-0.4, -0.2) is 43.0 Å². The van der Waals surface area contributed by atoms with Crippen molar-refractivity contribution < 1.29 is 18.1 Å². The Morgan fingerprint density at radius 2 is 1.74 bits per heavy atom. The number of hydrogen-bond acceptors (Lipinski definition) is 4. The largest absolute Gasteiger partial charge is 0.390 e. The SMILES string of the molecule is CCN(C[C@H](O)CS(=O)(=O)O)c1cc(C)cc(C)c1. The highest BCUT2D eigenvalue weighted by Crippen LogP contribution is 2.19. The van der Waals surface area contributed by atoms with Crippen molar-refractivity contribution in [3.63, 3.8) is 0 Å². The number of aliphatic hydroxyl groups excluding tert-OH is 1. The topological polar surface area (TPSA) is 77.8 Å². The van der Waals surface area contributed by atoms with Gasteiger partial charge in [0.2, 0.25) is 0 Å².